The molecule has 0 aliphatic heterocycles. The minimum Gasteiger partial charge on any atom is -0.261 e. The largest absolute Gasteiger partial charge is 0.261 e. The van der Waals surface area contributed by atoms with E-state index in [0.29, 0.717) is 0 Å². The van der Waals surface area contributed by atoms with Gasteiger partial charge in [-0.15, -0.1) is 11.6 Å². The first-order chi connectivity index (χ1) is 7.03. The van der Waals surface area contributed by atoms with E-state index < -0.39 is 10.0 Å². The summed E-state index contributed by atoms with van der Waals surface area (Å²) in [6.07, 6.45) is 1.65. The van der Waals surface area contributed by atoms with Crippen LogP contribution in [-0.2, 0) is 16.6 Å². The molecule has 6 heteroatoms. The lowest BCUT2D eigenvalue weighted by molar-refractivity contribution is 0.582. The molecule has 1 heterocycles. The van der Waals surface area contributed by atoms with Gasteiger partial charge in [-0.1, -0.05) is 6.07 Å². The third-order valence-electron chi connectivity index (χ3n) is 1.81. The summed E-state index contributed by atoms with van der Waals surface area (Å²) >= 11 is 5.36. The van der Waals surface area contributed by atoms with Crippen LogP contribution >= 0.6 is 11.6 Å². The Morgan fingerprint density at radius 2 is 2.20 bits per heavy atom. The monoisotopic (exact) mass is 248 g/mol. The molecule has 84 valence electrons. The number of aryl methyl sites for hydroxylation is 1. The standard InChI is InChI=1S/C9H13ClN2O2S/c1-8-2-3-9(6-11-8)7-12-15(13,14)5-4-10/h2-3,6,12H,4-5,7H2,1H3. The van der Waals surface area contributed by atoms with E-state index in [2.05, 4.69) is 9.71 Å². The highest BCUT2D eigenvalue weighted by atomic mass is 35.5. The highest BCUT2D eigenvalue weighted by molar-refractivity contribution is 7.89. The lowest BCUT2D eigenvalue weighted by Gasteiger charge is -2.04. The number of hydrogen-bond acceptors (Lipinski definition) is 3. The fourth-order valence-electron chi connectivity index (χ4n) is 0.970. The molecule has 0 fully saturated rings. The summed E-state index contributed by atoms with van der Waals surface area (Å²) in [5, 5.41) is 0. The van der Waals surface area contributed by atoms with Crippen LogP contribution in [0.25, 0.3) is 0 Å². The van der Waals surface area contributed by atoms with Crippen molar-refractivity contribution in [1.29, 1.82) is 0 Å². The molecule has 0 saturated heterocycles. The lowest BCUT2D eigenvalue weighted by Crippen LogP contribution is -2.26. The van der Waals surface area contributed by atoms with Gasteiger partial charge < -0.3 is 0 Å². The van der Waals surface area contributed by atoms with Crippen molar-refractivity contribution in [2.75, 3.05) is 11.6 Å². The molecule has 0 saturated carbocycles. The Hall–Kier alpha value is -0.650. The van der Waals surface area contributed by atoms with Crippen LogP contribution < -0.4 is 4.72 Å². The molecular weight excluding hydrogens is 236 g/mol. The lowest BCUT2D eigenvalue weighted by atomic mass is 10.2. The normalized spacial score (nSPS) is 11.6. The Morgan fingerprint density at radius 1 is 1.47 bits per heavy atom. The maximum Gasteiger partial charge on any atom is 0.213 e. The summed E-state index contributed by atoms with van der Waals surface area (Å²) in [5.74, 6) is 0.0370. The molecular formula is C9H13ClN2O2S. The molecule has 0 radical (unpaired) electrons. The fourth-order valence-corrected chi connectivity index (χ4v) is 2.31. The zero-order chi connectivity index (χ0) is 11.3. The molecule has 1 aromatic rings. The second-order valence-electron chi connectivity index (χ2n) is 3.14. The summed E-state index contributed by atoms with van der Waals surface area (Å²) < 4.78 is 25.0. The van der Waals surface area contributed by atoms with Crippen molar-refractivity contribution in [1.82, 2.24) is 9.71 Å². The fraction of sp³-hybridized carbons (Fsp3) is 0.444. The number of alkyl halides is 1. The molecule has 0 aliphatic carbocycles. The Balaban J connectivity index is 2.54. The molecule has 1 rings (SSSR count). The van der Waals surface area contributed by atoms with Crippen LogP contribution in [0.4, 0.5) is 0 Å². The molecule has 0 aromatic carbocycles. The van der Waals surface area contributed by atoms with Gasteiger partial charge in [-0.25, -0.2) is 13.1 Å². The number of sulfonamides is 1. The molecule has 0 unspecified atom stereocenters. The first-order valence-corrected chi connectivity index (χ1v) is 6.67. The van der Waals surface area contributed by atoms with Crippen molar-refractivity contribution in [3.05, 3.63) is 29.6 Å². The highest BCUT2D eigenvalue weighted by Crippen LogP contribution is 1.99. The summed E-state index contributed by atoms with van der Waals surface area (Å²) in [6, 6.07) is 3.68. The molecule has 0 spiro atoms. The summed E-state index contributed by atoms with van der Waals surface area (Å²) in [4.78, 5) is 4.06. The van der Waals surface area contributed by atoms with Crippen LogP contribution in [0.1, 0.15) is 11.3 Å². The Bertz CT molecular complexity index is 403. The zero-order valence-corrected chi connectivity index (χ0v) is 9.98. The molecule has 0 atom stereocenters. The number of nitrogens with one attached hydrogen (secondary N) is 1. The van der Waals surface area contributed by atoms with E-state index in [1.54, 1.807) is 6.20 Å². The second-order valence-corrected chi connectivity index (χ2v) is 5.44. The smallest absolute Gasteiger partial charge is 0.213 e. The summed E-state index contributed by atoms with van der Waals surface area (Å²) in [7, 11) is -3.25. The molecule has 1 N–H and O–H groups in total. The molecule has 0 amide bonds. The molecule has 0 bridgehead atoms. The van der Waals surface area contributed by atoms with Gasteiger partial charge in [-0.05, 0) is 18.6 Å². The van der Waals surface area contributed by atoms with E-state index in [1.807, 2.05) is 19.1 Å². The number of hydrogen-bond donors (Lipinski definition) is 1. The van der Waals surface area contributed by atoms with Crippen molar-refractivity contribution in [3.63, 3.8) is 0 Å². The van der Waals surface area contributed by atoms with Gasteiger partial charge in [0.05, 0.1) is 5.75 Å². The average molecular weight is 249 g/mol. The van der Waals surface area contributed by atoms with Crippen molar-refractivity contribution in [2.45, 2.75) is 13.5 Å². The second kappa shape index (κ2) is 5.44. The predicted molar refractivity (Wildman–Crippen MR) is 60.3 cm³/mol. The highest BCUT2D eigenvalue weighted by Gasteiger charge is 2.08. The van der Waals surface area contributed by atoms with Gasteiger partial charge in [0.2, 0.25) is 10.0 Å². The molecule has 15 heavy (non-hydrogen) atoms. The average Bonchev–Trinajstić information content (AvgIpc) is 2.17. The van der Waals surface area contributed by atoms with Crippen LogP contribution in [0.5, 0.6) is 0 Å². The van der Waals surface area contributed by atoms with E-state index in [-0.39, 0.29) is 18.2 Å². The minimum absolute atomic E-state index is 0.0617. The van der Waals surface area contributed by atoms with Gasteiger partial charge in [-0.3, -0.25) is 4.98 Å². The maximum absolute atomic E-state index is 11.3. The van der Waals surface area contributed by atoms with Crippen LogP contribution in [-0.4, -0.2) is 25.0 Å². The Morgan fingerprint density at radius 3 is 2.73 bits per heavy atom. The van der Waals surface area contributed by atoms with Crippen LogP contribution in [0.15, 0.2) is 18.3 Å². The Labute approximate surface area is 94.7 Å². The Kier molecular flexibility index (Phi) is 4.50. The van der Waals surface area contributed by atoms with Crippen LogP contribution in [0, 0.1) is 6.92 Å². The van der Waals surface area contributed by atoms with E-state index in [0.717, 1.165) is 11.3 Å². The summed E-state index contributed by atoms with van der Waals surface area (Å²) in [5.41, 5.74) is 1.74. The SMILES string of the molecule is Cc1ccc(CNS(=O)(=O)CCCl)cn1. The van der Waals surface area contributed by atoms with Crippen LogP contribution in [0.2, 0.25) is 0 Å². The molecule has 1 aromatic heterocycles. The van der Waals surface area contributed by atoms with Gasteiger partial charge in [0, 0.05) is 24.3 Å². The van der Waals surface area contributed by atoms with Crippen molar-refractivity contribution < 1.29 is 8.42 Å². The number of pyridine rings is 1. The van der Waals surface area contributed by atoms with Gasteiger partial charge >= 0.3 is 0 Å². The minimum atomic E-state index is -3.25. The molecule has 4 nitrogen and oxygen atoms in total. The van der Waals surface area contributed by atoms with E-state index in [9.17, 15) is 8.42 Å². The van der Waals surface area contributed by atoms with Crippen molar-refractivity contribution in [3.8, 4) is 0 Å². The maximum atomic E-state index is 11.3. The van der Waals surface area contributed by atoms with Gasteiger partial charge in [-0.2, -0.15) is 0 Å². The van der Waals surface area contributed by atoms with Crippen molar-refractivity contribution >= 4 is 21.6 Å². The number of nitrogens with zero attached hydrogens (tertiary/aromatic N) is 1. The summed E-state index contributed by atoms with van der Waals surface area (Å²) in [6.45, 7) is 2.13. The van der Waals surface area contributed by atoms with Crippen LogP contribution in [0.3, 0.4) is 0 Å². The third kappa shape index (κ3) is 4.59. The van der Waals surface area contributed by atoms with E-state index in [1.165, 1.54) is 0 Å². The number of aromatic nitrogens is 1. The first kappa shape index (κ1) is 12.4. The van der Waals surface area contributed by atoms with Gasteiger partial charge in [0.15, 0.2) is 0 Å². The number of halogens is 1. The topological polar surface area (TPSA) is 59.1 Å². The van der Waals surface area contributed by atoms with Gasteiger partial charge in [0.1, 0.15) is 0 Å². The number of rotatable bonds is 5. The first-order valence-electron chi connectivity index (χ1n) is 4.48. The van der Waals surface area contributed by atoms with E-state index >= 15 is 0 Å². The predicted octanol–water partition coefficient (Wildman–Crippen LogP) is 1.05. The molecule has 0 aliphatic rings. The quantitative estimate of drug-likeness (QED) is 0.793. The third-order valence-corrected chi connectivity index (χ3v) is 3.55. The van der Waals surface area contributed by atoms with Crippen molar-refractivity contribution in [2.24, 2.45) is 0 Å². The van der Waals surface area contributed by atoms with Gasteiger partial charge in [0.25, 0.3) is 0 Å². The zero-order valence-electron chi connectivity index (χ0n) is 8.40. The van der Waals surface area contributed by atoms with E-state index in [4.69, 9.17) is 11.6 Å².